The van der Waals surface area contributed by atoms with Crippen molar-refractivity contribution in [3.8, 4) is 5.69 Å². The summed E-state index contributed by atoms with van der Waals surface area (Å²) >= 11 is 0. The van der Waals surface area contributed by atoms with Gasteiger partial charge < -0.3 is 14.7 Å². The van der Waals surface area contributed by atoms with E-state index >= 15 is 0 Å². The SMILES string of the molecule is CN(C)C1C[C@H]2CC[C@@H](C1)N2C(=O)c1cn(-c2ccc3c(c2)CN(C2CCC(=O)NC2=O)C3=O)nn1. The number of amides is 4. The molecule has 11 nitrogen and oxygen atoms in total. The minimum absolute atomic E-state index is 0.0775. The van der Waals surface area contributed by atoms with Gasteiger partial charge in [-0.3, -0.25) is 24.5 Å². The predicted molar refractivity (Wildman–Crippen MR) is 127 cm³/mol. The molecule has 4 aliphatic heterocycles. The number of piperidine rings is 2. The van der Waals surface area contributed by atoms with E-state index in [0.717, 1.165) is 31.2 Å². The first-order chi connectivity index (χ1) is 17.3. The van der Waals surface area contributed by atoms with Crippen molar-refractivity contribution in [1.29, 1.82) is 0 Å². The van der Waals surface area contributed by atoms with Crippen molar-refractivity contribution in [2.45, 2.75) is 69.2 Å². The standard InChI is InChI=1S/C25H29N7O4/c1-29(2)18-10-16-3-4-17(11-18)32(16)25(36)20-13-31(28-27-20)15-5-6-19-14(9-15)12-30(24(19)35)21-7-8-22(33)26-23(21)34/h5-6,9,13,16-18,21H,3-4,7-8,10-12H2,1-2H3,(H,26,33,34)/t16-,17+,18?,21?. The molecule has 0 aliphatic carbocycles. The number of rotatable bonds is 4. The van der Waals surface area contributed by atoms with E-state index in [-0.39, 0.29) is 42.8 Å². The summed E-state index contributed by atoms with van der Waals surface area (Å²) in [6.07, 6.45) is 6.19. The Hall–Kier alpha value is -3.60. The second-order valence-corrected chi connectivity index (χ2v) is 10.5. The molecule has 6 rings (SSSR count). The molecule has 0 spiro atoms. The number of hydrogen-bond acceptors (Lipinski definition) is 7. The number of imide groups is 1. The van der Waals surface area contributed by atoms with E-state index in [1.54, 1.807) is 23.0 Å². The maximum absolute atomic E-state index is 13.4. The maximum Gasteiger partial charge on any atom is 0.276 e. The van der Waals surface area contributed by atoms with E-state index in [0.29, 0.717) is 29.4 Å². The fourth-order valence-corrected chi connectivity index (χ4v) is 6.23. The van der Waals surface area contributed by atoms with Gasteiger partial charge in [0.15, 0.2) is 5.69 Å². The third-order valence-electron chi connectivity index (χ3n) is 8.16. The fraction of sp³-hybridized carbons (Fsp3) is 0.520. The van der Waals surface area contributed by atoms with Gasteiger partial charge in [-0.05, 0) is 70.0 Å². The molecule has 2 aromatic rings. The van der Waals surface area contributed by atoms with Crippen LogP contribution in [-0.4, -0.2) is 91.6 Å². The van der Waals surface area contributed by atoms with Crippen molar-refractivity contribution < 1.29 is 19.2 Å². The molecule has 1 N–H and O–H groups in total. The molecule has 0 radical (unpaired) electrons. The molecule has 3 saturated heterocycles. The third kappa shape index (κ3) is 3.69. The van der Waals surface area contributed by atoms with Crippen LogP contribution in [0, 0.1) is 0 Å². The van der Waals surface area contributed by atoms with Gasteiger partial charge >= 0.3 is 0 Å². The average Bonchev–Trinajstić information content (AvgIpc) is 3.53. The second-order valence-electron chi connectivity index (χ2n) is 10.5. The molecule has 11 heteroatoms. The Balaban J connectivity index is 1.19. The Morgan fingerprint density at radius 2 is 1.83 bits per heavy atom. The smallest absolute Gasteiger partial charge is 0.276 e. The zero-order chi connectivity index (χ0) is 25.1. The number of fused-ring (bicyclic) bond motifs is 3. The van der Waals surface area contributed by atoms with Gasteiger partial charge in [-0.15, -0.1) is 5.10 Å². The highest BCUT2D eigenvalue weighted by atomic mass is 16.2. The Bertz CT molecular complexity index is 1260. The zero-order valence-corrected chi connectivity index (χ0v) is 20.4. The lowest BCUT2D eigenvalue weighted by Gasteiger charge is -2.41. The number of aromatic nitrogens is 3. The fourth-order valence-electron chi connectivity index (χ4n) is 6.23. The number of nitrogens with zero attached hydrogens (tertiary/aromatic N) is 6. The molecular weight excluding hydrogens is 462 g/mol. The van der Waals surface area contributed by atoms with Gasteiger partial charge in [0.05, 0.1) is 11.9 Å². The highest BCUT2D eigenvalue weighted by Gasteiger charge is 2.44. The zero-order valence-electron chi connectivity index (χ0n) is 20.4. The summed E-state index contributed by atoms with van der Waals surface area (Å²) in [5.41, 5.74) is 2.30. The molecule has 5 heterocycles. The Morgan fingerprint density at radius 1 is 1.08 bits per heavy atom. The summed E-state index contributed by atoms with van der Waals surface area (Å²) in [6.45, 7) is 0.277. The maximum atomic E-state index is 13.4. The number of nitrogens with one attached hydrogen (secondary N) is 1. The second kappa shape index (κ2) is 8.51. The van der Waals surface area contributed by atoms with Gasteiger partial charge in [0, 0.05) is 36.7 Å². The highest BCUT2D eigenvalue weighted by Crippen LogP contribution is 2.38. The first kappa shape index (κ1) is 22.8. The van der Waals surface area contributed by atoms with E-state index in [9.17, 15) is 19.2 Å². The molecule has 1 aromatic heterocycles. The van der Waals surface area contributed by atoms with Crippen LogP contribution in [0.4, 0.5) is 0 Å². The van der Waals surface area contributed by atoms with Crippen LogP contribution in [0.5, 0.6) is 0 Å². The summed E-state index contributed by atoms with van der Waals surface area (Å²) < 4.78 is 1.56. The van der Waals surface area contributed by atoms with Crippen LogP contribution in [0.2, 0.25) is 0 Å². The van der Waals surface area contributed by atoms with E-state index in [1.165, 1.54) is 4.90 Å². The average molecular weight is 492 g/mol. The van der Waals surface area contributed by atoms with Crippen molar-refractivity contribution in [3.05, 3.63) is 41.2 Å². The lowest BCUT2D eigenvalue weighted by Crippen LogP contribution is -2.52. The lowest BCUT2D eigenvalue weighted by atomic mass is 9.96. The van der Waals surface area contributed by atoms with Gasteiger partial charge in [-0.1, -0.05) is 5.21 Å². The van der Waals surface area contributed by atoms with Crippen molar-refractivity contribution in [2.75, 3.05) is 14.1 Å². The van der Waals surface area contributed by atoms with Crippen LogP contribution < -0.4 is 5.32 Å². The lowest BCUT2D eigenvalue weighted by molar-refractivity contribution is -0.136. The predicted octanol–water partition coefficient (Wildman–Crippen LogP) is 0.726. The number of carbonyl (C=O) groups excluding carboxylic acids is 4. The van der Waals surface area contributed by atoms with Crippen LogP contribution in [0.15, 0.2) is 24.4 Å². The minimum Gasteiger partial charge on any atom is -0.331 e. The van der Waals surface area contributed by atoms with Crippen molar-refractivity contribution in [1.82, 2.24) is 35.0 Å². The molecular formula is C25H29N7O4. The molecule has 4 amide bonds. The Morgan fingerprint density at radius 3 is 2.53 bits per heavy atom. The van der Waals surface area contributed by atoms with E-state index in [1.807, 2.05) is 11.0 Å². The first-order valence-electron chi connectivity index (χ1n) is 12.5. The summed E-state index contributed by atoms with van der Waals surface area (Å²) in [5, 5.41) is 10.7. The van der Waals surface area contributed by atoms with Gasteiger partial charge in [0.1, 0.15) is 6.04 Å². The minimum atomic E-state index is -0.659. The van der Waals surface area contributed by atoms with Crippen LogP contribution in [-0.2, 0) is 16.1 Å². The molecule has 188 valence electrons. The topological polar surface area (TPSA) is 121 Å². The molecule has 0 saturated carbocycles. The van der Waals surface area contributed by atoms with E-state index < -0.39 is 11.9 Å². The van der Waals surface area contributed by atoms with Crippen LogP contribution in [0.3, 0.4) is 0 Å². The van der Waals surface area contributed by atoms with Crippen molar-refractivity contribution in [2.24, 2.45) is 0 Å². The Kier molecular flexibility index (Phi) is 5.40. The first-order valence-corrected chi connectivity index (χ1v) is 12.5. The normalized spacial score (nSPS) is 27.6. The van der Waals surface area contributed by atoms with Crippen molar-refractivity contribution in [3.63, 3.8) is 0 Å². The summed E-state index contributed by atoms with van der Waals surface area (Å²) in [4.78, 5) is 55.9. The molecule has 4 aliphatic rings. The van der Waals surface area contributed by atoms with E-state index in [4.69, 9.17) is 0 Å². The molecule has 1 aromatic carbocycles. The molecule has 36 heavy (non-hydrogen) atoms. The van der Waals surface area contributed by atoms with Crippen LogP contribution in [0.1, 0.15) is 64.9 Å². The van der Waals surface area contributed by atoms with Crippen LogP contribution in [0.25, 0.3) is 5.69 Å². The van der Waals surface area contributed by atoms with Gasteiger partial charge in [-0.25, -0.2) is 4.68 Å². The quantitative estimate of drug-likeness (QED) is 0.626. The largest absolute Gasteiger partial charge is 0.331 e. The van der Waals surface area contributed by atoms with Gasteiger partial charge in [-0.2, -0.15) is 0 Å². The third-order valence-corrected chi connectivity index (χ3v) is 8.16. The Labute approximate surface area is 208 Å². The van der Waals surface area contributed by atoms with Gasteiger partial charge in [0.2, 0.25) is 11.8 Å². The summed E-state index contributed by atoms with van der Waals surface area (Å²) in [5.74, 6) is -1.05. The van der Waals surface area contributed by atoms with Crippen molar-refractivity contribution >= 4 is 23.6 Å². The van der Waals surface area contributed by atoms with Crippen LogP contribution >= 0.6 is 0 Å². The highest BCUT2D eigenvalue weighted by molar-refractivity contribution is 6.05. The number of hydrogen-bond donors (Lipinski definition) is 1. The monoisotopic (exact) mass is 491 g/mol. The molecule has 3 fully saturated rings. The summed E-state index contributed by atoms with van der Waals surface area (Å²) in [6, 6.07) is 5.63. The molecule has 2 unspecified atom stereocenters. The molecule has 4 atom stereocenters. The van der Waals surface area contributed by atoms with E-state index in [2.05, 4.69) is 34.6 Å². The number of carbonyl (C=O) groups is 4. The molecule has 2 bridgehead atoms. The summed E-state index contributed by atoms with van der Waals surface area (Å²) in [7, 11) is 4.20. The number of benzene rings is 1. The van der Waals surface area contributed by atoms with Gasteiger partial charge in [0.25, 0.3) is 11.8 Å².